The number of rotatable bonds is 3. The van der Waals surface area contributed by atoms with Crippen LogP contribution < -0.4 is 16.4 Å². The first-order chi connectivity index (χ1) is 13.4. The van der Waals surface area contributed by atoms with Crippen LogP contribution >= 0.6 is 0 Å². The number of carbonyl (C=O) groups excluding carboxylic acids is 4. The number of carbonyl (C=O) groups is 4. The molecule has 0 aromatic heterocycles. The van der Waals surface area contributed by atoms with Crippen LogP contribution in [0.3, 0.4) is 0 Å². The van der Waals surface area contributed by atoms with Crippen molar-refractivity contribution in [1.29, 1.82) is 0 Å². The van der Waals surface area contributed by atoms with Crippen LogP contribution in [0.1, 0.15) is 52.8 Å². The Morgan fingerprint density at radius 3 is 2.46 bits per heavy atom. The maximum absolute atomic E-state index is 12.9. The Bertz CT molecular complexity index is 911. The molecule has 5 rings (SSSR count). The molecule has 2 aliphatic carbocycles. The third-order valence-corrected chi connectivity index (χ3v) is 6.70. The molecule has 5 unspecified atom stereocenters. The zero-order chi connectivity index (χ0) is 19.6. The van der Waals surface area contributed by atoms with Crippen molar-refractivity contribution in [3.05, 3.63) is 29.3 Å². The summed E-state index contributed by atoms with van der Waals surface area (Å²) < 4.78 is 0. The van der Waals surface area contributed by atoms with E-state index in [2.05, 4.69) is 10.6 Å². The van der Waals surface area contributed by atoms with E-state index in [0.717, 1.165) is 29.8 Å². The summed E-state index contributed by atoms with van der Waals surface area (Å²) in [6.45, 7) is 0. The maximum Gasteiger partial charge on any atom is 0.262 e. The Kier molecular flexibility index (Phi) is 3.80. The molecular formula is C20H22N4O4. The predicted octanol–water partition coefficient (Wildman–Crippen LogP) is 0.625. The molecule has 3 fully saturated rings. The highest BCUT2D eigenvalue weighted by molar-refractivity contribution is 6.23. The van der Waals surface area contributed by atoms with Gasteiger partial charge in [0.25, 0.3) is 11.8 Å². The molecule has 0 radical (unpaired) electrons. The van der Waals surface area contributed by atoms with Gasteiger partial charge in [-0.15, -0.1) is 0 Å². The number of hydrogen-bond donors (Lipinski definition) is 3. The molecule has 8 heteroatoms. The summed E-state index contributed by atoms with van der Waals surface area (Å²) in [5, 5.41) is 5.71. The van der Waals surface area contributed by atoms with Crippen LogP contribution in [0.15, 0.2) is 18.2 Å². The first-order valence-electron chi connectivity index (χ1n) is 9.80. The van der Waals surface area contributed by atoms with E-state index in [-0.39, 0.29) is 18.7 Å². The van der Waals surface area contributed by atoms with Crippen molar-refractivity contribution >= 4 is 29.3 Å². The summed E-state index contributed by atoms with van der Waals surface area (Å²) in [4.78, 5) is 50.1. The zero-order valence-corrected chi connectivity index (χ0v) is 15.3. The third kappa shape index (κ3) is 2.55. The van der Waals surface area contributed by atoms with Crippen LogP contribution in [0.25, 0.3) is 0 Å². The van der Waals surface area contributed by atoms with E-state index in [1.54, 1.807) is 12.1 Å². The lowest BCUT2D eigenvalue weighted by molar-refractivity contribution is -0.136. The van der Waals surface area contributed by atoms with Gasteiger partial charge in [-0.05, 0) is 55.7 Å². The van der Waals surface area contributed by atoms with Crippen molar-refractivity contribution in [3.8, 4) is 0 Å². The molecule has 28 heavy (non-hydrogen) atoms. The fraction of sp³-hybridized carbons (Fsp3) is 0.500. The van der Waals surface area contributed by atoms with Crippen LogP contribution in [0, 0.1) is 11.8 Å². The predicted molar refractivity (Wildman–Crippen MR) is 99.3 cm³/mol. The van der Waals surface area contributed by atoms with Gasteiger partial charge < -0.3 is 11.1 Å². The zero-order valence-electron chi connectivity index (χ0n) is 15.3. The second kappa shape index (κ2) is 6.13. The van der Waals surface area contributed by atoms with E-state index in [1.807, 2.05) is 6.07 Å². The summed E-state index contributed by atoms with van der Waals surface area (Å²) in [5.74, 6) is -0.828. The molecule has 146 valence electrons. The van der Waals surface area contributed by atoms with Gasteiger partial charge in [-0.1, -0.05) is 0 Å². The number of nitrogens with one attached hydrogen (secondary N) is 2. The van der Waals surface area contributed by atoms with Gasteiger partial charge in [0.2, 0.25) is 11.8 Å². The van der Waals surface area contributed by atoms with E-state index in [4.69, 9.17) is 5.73 Å². The smallest absolute Gasteiger partial charge is 0.262 e. The molecule has 1 saturated heterocycles. The van der Waals surface area contributed by atoms with E-state index < -0.39 is 23.8 Å². The van der Waals surface area contributed by atoms with Crippen molar-refractivity contribution in [1.82, 2.24) is 10.2 Å². The summed E-state index contributed by atoms with van der Waals surface area (Å²) in [6.07, 6.45) is 3.46. The Morgan fingerprint density at radius 1 is 1.00 bits per heavy atom. The highest BCUT2D eigenvalue weighted by atomic mass is 16.2. The Balaban J connectivity index is 1.36. The molecule has 4 N–H and O–H groups in total. The van der Waals surface area contributed by atoms with Crippen molar-refractivity contribution in [2.45, 2.75) is 50.2 Å². The molecule has 4 amide bonds. The van der Waals surface area contributed by atoms with Crippen molar-refractivity contribution in [3.63, 3.8) is 0 Å². The molecule has 4 aliphatic rings. The minimum absolute atomic E-state index is 0.114. The number of imide groups is 2. The second-order valence-electron chi connectivity index (χ2n) is 8.35. The molecule has 2 aliphatic heterocycles. The Labute approximate surface area is 161 Å². The van der Waals surface area contributed by atoms with Crippen LogP contribution in [0.4, 0.5) is 5.69 Å². The van der Waals surface area contributed by atoms with Gasteiger partial charge >= 0.3 is 0 Å². The lowest BCUT2D eigenvalue weighted by Gasteiger charge is -2.27. The number of anilines is 1. The quantitative estimate of drug-likeness (QED) is 0.659. The Hall–Kier alpha value is -2.74. The first-order valence-corrected chi connectivity index (χ1v) is 9.80. The normalized spacial score (nSPS) is 34.0. The van der Waals surface area contributed by atoms with E-state index in [9.17, 15) is 19.2 Å². The fourth-order valence-electron chi connectivity index (χ4n) is 5.27. The maximum atomic E-state index is 12.9. The number of amides is 4. The first kappa shape index (κ1) is 17.4. The number of hydrogen-bond acceptors (Lipinski definition) is 6. The third-order valence-electron chi connectivity index (χ3n) is 6.70. The van der Waals surface area contributed by atoms with Gasteiger partial charge in [0, 0.05) is 24.2 Å². The van der Waals surface area contributed by atoms with E-state index in [1.165, 1.54) is 0 Å². The standard InChI is InChI=1S/C20H22N4O4/c21-14-6-10-5-9(14)7-15(10)22-11-1-2-12-13(8-11)20(28)24(19(12)27)16-3-4-17(25)23-18(16)26/h1-2,8-10,14-16,22H,3-7,21H2,(H,23,25,26). The topological polar surface area (TPSA) is 122 Å². The van der Waals surface area contributed by atoms with Crippen LogP contribution in [-0.2, 0) is 9.59 Å². The minimum atomic E-state index is -0.937. The Morgan fingerprint density at radius 2 is 1.79 bits per heavy atom. The van der Waals surface area contributed by atoms with Gasteiger partial charge in [-0.25, -0.2) is 0 Å². The minimum Gasteiger partial charge on any atom is -0.382 e. The molecule has 0 spiro atoms. The molecule has 8 nitrogen and oxygen atoms in total. The molecule has 2 saturated carbocycles. The van der Waals surface area contributed by atoms with Crippen LogP contribution in [-0.4, -0.2) is 46.7 Å². The molecule has 5 atom stereocenters. The summed E-state index contributed by atoms with van der Waals surface area (Å²) in [7, 11) is 0. The highest BCUT2D eigenvalue weighted by Gasteiger charge is 2.46. The molecule has 2 heterocycles. The molecular weight excluding hydrogens is 360 g/mol. The average Bonchev–Trinajstić information content (AvgIpc) is 3.28. The molecule has 2 bridgehead atoms. The number of piperidine rings is 1. The van der Waals surface area contributed by atoms with Crippen molar-refractivity contribution < 1.29 is 19.2 Å². The van der Waals surface area contributed by atoms with Gasteiger partial charge in [-0.2, -0.15) is 0 Å². The van der Waals surface area contributed by atoms with E-state index >= 15 is 0 Å². The largest absolute Gasteiger partial charge is 0.382 e. The van der Waals surface area contributed by atoms with Gasteiger partial charge in [0.15, 0.2) is 0 Å². The monoisotopic (exact) mass is 382 g/mol. The van der Waals surface area contributed by atoms with E-state index in [0.29, 0.717) is 35.0 Å². The lowest BCUT2D eigenvalue weighted by Crippen LogP contribution is -2.54. The summed E-state index contributed by atoms with van der Waals surface area (Å²) in [6, 6.07) is 4.85. The van der Waals surface area contributed by atoms with Gasteiger partial charge in [0.1, 0.15) is 6.04 Å². The van der Waals surface area contributed by atoms with Gasteiger partial charge in [0.05, 0.1) is 11.1 Å². The fourth-order valence-corrected chi connectivity index (χ4v) is 5.27. The number of fused-ring (bicyclic) bond motifs is 3. The van der Waals surface area contributed by atoms with Crippen molar-refractivity contribution in [2.75, 3.05) is 5.32 Å². The van der Waals surface area contributed by atoms with Crippen molar-refractivity contribution in [2.24, 2.45) is 17.6 Å². The summed E-state index contributed by atoms with van der Waals surface area (Å²) >= 11 is 0. The lowest BCUT2D eigenvalue weighted by atomic mass is 9.91. The SMILES string of the molecule is NC1CC2CC1CC2Nc1ccc2c(c1)C(=O)N(C1CCC(=O)NC1=O)C2=O. The molecule has 1 aromatic rings. The second-order valence-corrected chi connectivity index (χ2v) is 8.35. The van der Waals surface area contributed by atoms with Gasteiger partial charge in [-0.3, -0.25) is 29.4 Å². The number of nitrogens with zero attached hydrogens (tertiary/aromatic N) is 1. The highest BCUT2D eigenvalue weighted by Crippen LogP contribution is 2.45. The number of nitrogens with two attached hydrogens (primary N) is 1. The average molecular weight is 382 g/mol. The number of benzene rings is 1. The molecule has 1 aromatic carbocycles. The van der Waals surface area contributed by atoms with Crippen LogP contribution in [0.5, 0.6) is 0 Å². The van der Waals surface area contributed by atoms with Crippen LogP contribution in [0.2, 0.25) is 0 Å². The summed E-state index contributed by atoms with van der Waals surface area (Å²) in [5.41, 5.74) is 7.53.